The minimum atomic E-state index is -4.17. The standard InChI is InChI=1S/C30H39F2N3O8S/c1-16(2)12-35(44(38,39)19-5-7-24(33)27(11-19)40-3)13-26(36)25(9-17-4-6-22(31)23(32)8-17)34-30(37)43-28-18-10-20-21(28)15-42-29(20)41-14-18/h4-8,11,16,18,20-21,25-26,28-29,36H,9-10,12-15,33H2,1-3H3,(H,34,37). The summed E-state index contributed by atoms with van der Waals surface area (Å²) < 4.78 is 78.9. The molecule has 7 atom stereocenters. The summed E-state index contributed by atoms with van der Waals surface area (Å²) in [6.07, 6.45) is -2.36. The third-order valence-electron chi connectivity index (χ3n) is 8.54. The number of amides is 1. The molecule has 2 aromatic carbocycles. The molecule has 0 radical (unpaired) electrons. The Bertz CT molecular complexity index is 1460. The van der Waals surface area contributed by atoms with E-state index in [-0.39, 0.29) is 64.8 Å². The highest BCUT2D eigenvalue weighted by atomic mass is 32.2. The van der Waals surface area contributed by atoms with Crippen LogP contribution >= 0.6 is 0 Å². The molecular formula is C30H39F2N3O8S. The van der Waals surface area contributed by atoms with Gasteiger partial charge in [0.15, 0.2) is 17.9 Å². The van der Waals surface area contributed by atoms with E-state index in [1.165, 1.54) is 31.4 Å². The van der Waals surface area contributed by atoms with Crippen LogP contribution in [0.15, 0.2) is 41.3 Å². The molecule has 2 saturated heterocycles. The normalized spacial score (nSPS) is 25.7. The molecular weight excluding hydrogens is 600 g/mol. The molecule has 11 nitrogen and oxygen atoms in total. The van der Waals surface area contributed by atoms with Crippen LogP contribution < -0.4 is 15.8 Å². The van der Waals surface area contributed by atoms with Gasteiger partial charge in [-0.3, -0.25) is 0 Å². The Balaban J connectivity index is 1.37. The van der Waals surface area contributed by atoms with Gasteiger partial charge in [-0.1, -0.05) is 19.9 Å². The first-order valence-corrected chi connectivity index (χ1v) is 16.1. The number of aliphatic hydroxyl groups excluding tert-OH is 1. The molecule has 44 heavy (non-hydrogen) atoms. The summed E-state index contributed by atoms with van der Waals surface area (Å²) in [5, 5.41) is 14.1. The fraction of sp³-hybridized carbons (Fsp3) is 0.567. The molecule has 2 aliphatic heterocycles. The van der Waals surface area contributed by atoms with Crippen molar-refractivity contribution >= 4 is 21.8 Å². The summed E-state index contributed by atoms with van der Waals surface area (Å²) in [6.45, 7) is 4.08. The molecule has 7 unspecified atom stereocenters. The number of alkyl carbamates (subject to hydrolysis) is 1. The van der Waals surface area contributed by atoms with Gasteiger partial charge in [0.05, 0.1) is 43.1 Å². The van der Waals surface area contributed by atoms with E-state index in [2.05, 4.69) is 5.32 Å². The van der Waals surface area contributed by atoms with Gasteiger partial charge in [0.2, 0.25) is 10.0 Å². The lowest BCUT2D eigenvalue weighted by Gasteiger charge is -2.31. The zero-order valence-corrected chi connectivity index (χ0v) is 25.6. The van der Waals surface area contributed by atoms with E-state index in [0.29, 0.717) is 13.2 Å². The number of aliphatic hydroxyl groups is 1. The van der Waals surface area contributed by atoms with Crippen molar-refractivity contribution in [2.45, 2.75) is 56.1 Å². The summed E-state index contributed by atoms with van der Waals surface area (Å²) in [5.41, 5.74) is 6.42. The van der Waals surface area contributed by atoms with Crippen molar-refractivity contribution in [3.05, 3.63) is 53.6 Å². The number of hydrogen-bond donors (Lipinski definition) is 3. The van der Waals surface area contributed by atoms with Crippen LogP contribution in [0.5, 0.6) is 5.75 Å². The summed E-state index contributed by atoms with van der Waals surface area (Å²) >= 11 is 0. The second-order valence-electron chi connectivity index (χ2n) is 12.1. The Morgan fingerprint density at radius 3 is 2.57 bits per heavy atom. The number of methoxy groups -OCH3 is 1. The SMILES string of the molecule is COc1cc(S(=O)(=O)N(CC(C)C)CC(O)C(Cc2ccc(F)c(F)c2)NC(=O)OC2C3COC4OCC2C4C3)ccc1N. The highest BCUT2D eigenvalue weighted by molar-refractivity contribution is 7.89. The van der Waals surface area contributed by atoms with Crippen LogP contribution in [0.3, 0.4) is 0 Å². The molecule has 1 aliphatic carbocycles. The minimum Gasteiger partial charge on any atom is -0.495 e. The quantitative estimate of drug-likeness (QED) is 0.298. The van der Waals surface area contributed by atoms with E-state index in [9.17, 15) is 27.1 Å². The number of ether oxygens (including phenoxy) is 4. The van der Waals surface area contributed by atoms with Crippen LogP contribution in [-0.2, 0) is 30.7 Å². The van der Waals surface area contributed by atoms with Crippen molar-refractivity contribution in [3.8, 4) is 5.75 Å². The van der Waals surface area contributed by atoms with Gasteiger partial charge in [0, 0.05) is 36.9 Å². The Labute approximate surface area is 255 Å². The molecule has 0 spiro atoms. The Morgan fingerprint density at radius 1 is 1.11 bits per heavy atom. The van der Waals surface area contributed by atoms with E-state index < -0.39 is 52.5 Å². The van der Waals surface area contributed by atoms with Crippen molar-refractivity contribution in [1.29, 1.82) is 0 Å². The fourth-order valence-electron chi connectivity index (χ4n) is 6.38. The highest BCUT2D eigenvalue weighted by Gasteiger charge is 2.56. The number of nitrogens with zero attached hydrogens (tertiary/aromatic N) is 1. The van der Waals surface area contributed by atoms with Crippen molar-refractivity contribution in [3.63, 3.8) is 0 Å². The number of hydrogen-bond acceptors (Lipinski definition) is 9. The maximum atomic E-state index is 14.1. The van der Waals surface area contributed by atoms with Crippen molar-refractivity contribution < 1.29 is 46.0 Å². The van der Waals surface area contributed by atoms with Crippen LogP contribution in [0.2, 0.25) is 0 Å². The van der Waals surface area contributed by atoms with Gasteiger partial charge in [0.25, 0.3) is 0 Å². The monoisotopic (exact) mass is 639 g/mol. The van der Waals surface area contributed by atoms with E-state index in [0.717, 1.165) is 22.9 Å². The minimum absolute atomic E-state index is 0.00837. The van der Waals surface area contributed by atoms with Crippen LogP contribution in [0.4, 0.5) is 19.3 Å². The zero-order valence-electron chi connectivity index (χ0n) is 24.8. The maximum absolute atomic E-state index is 14.1. The van der Waals surface area contributed by atoms with Gasteiger partial charge < -0.3 is 35.1 Å². The molecule has 3 aliphatic rings. The van der Waals surface area contributed by atoms with Crippen molar-refractivity contribution in [1.82, 2.24) is 9.62 Å². The van der Waals surface area contributed by atoms with Gasteiger partial charge in [0.1, 0.15) is 11.9 Å². The fourth-order valence-corrected chi connectivity index (χ4v) is 8.01. The highest BCUT2D eigenvalue weighted by Crippen LogP contribution is 2.49. The molecule has 1 saturated carbocycles. The number of anilines is 1. The van der Waals surface area contributed by atoms with Crippen molar-refractivity contribution in [2.75, 3.05) is 39.1 Å². The second kappa shape index (κ2) is 13.1. The number of fused-ring (bicyclic) bond motifs is 1. The van der Waals surface area contributed by atoms with Crippen LogP contribution in [0.25, 0.3) is 0 Å². The number of rotatable bonds is 12. The predicted molar refractivity (Wildman–Crippen MR) is 155 cm³/mol. The van der Waals surface area contributed by atoms with Gasteiger partial charge in [-0.2, -0.15) is 4.31 Å². The maximum Gasteiger partial charge on any atom is 0.407 e. The third kappa shape index (κ3) is 6.79. The zero-order chi connectivity index (χ0) is 31.8. The molecule has 242 valence electrons. The van der Waals surface area contributed by atoms with Gasteiger partial charge in [-0.05, 0) is 48.6 Å². The van der Waals surface area contributed by atoms with Gasteiger partial charge >= 0.3 is 6.09 Å². The summed E-state index contributed by atoms with van der Waals surface area (Å²) in [5.74, 6) is -1.96. The number of nitrogens with two attached hydrogens (primary N) is 1. The Morgan fingerprint density at radius 2 is 1.86 bits per heavy atom. The Kier molecular flexibility index (Phi) is 9.66. The molecule has 3 fully saturated rings. The summed E-state index contributed by atoms with van der Waals surface area (Å²) in [6, 6.07) is 6.20. The average Bonchev–Trinajstić information content (AvgIpc) is 3.50. The number of benzene rings is 2. The molecule has 2 heterocycles. The van der Waals surface area contributed by atoms with E-state index >= 15 is 0 Å². The molecule has 5 rings (SSSR count). The smallest absolute Gasteiger partial charge is 0.407 e. The molecule has 0 aromatic heterocycles. The van der Waals surface area contributed by atoms with Crippen LogP contribution in [0, 0.1) is 35.3 Å². The van der Waals surface area contributed by atoms with E-state index in [4.69, 9.17) is 24.7 Å². The largest absolute Gasteiger partial charge is 0.495 e. The van der Waals surface area contributed by atoms with Crippen molar-refractivity contribution in [2.24, 2.45) is 23.7 Å². The van der Waals surface area contributed by atoms with Crippen LogP contribution in [0.1, 0.15) is 25.8 Å². The Hall–Kier alpha value is -3.04. The molecule has 14 heteroatoms. The van der Waals surface area contributed by atoms with Gasteiger partial charge in [-0.25, -0.2) is 22.0 Å². The molecule has 4 N–H and O–H groups in total. The van der Waals surface area contributed by atoms with E-state index in [1.54, 1.807) is 0 Å². The van der Waals surface area contributed by atoms with Crippen LogP contribution in [-0.4, -0.2) is 81.9 Å². The molecule has 1 amide bonds. The second-order valence-corrected chi connectivity index (χ2v) is 14.1. The lowest BCUT2D eigenvalue weighted by Crippen LogP contribution is -2.52. The molecule has 2 aromatic rings. The third-order valence-corrected chi connectivity index (χ3v) is 10.4. The lowest BCUT2D eigenvalue weighted by molar-refractivity contribution is -0.169. The average molecular weight is 640 g/mol. The number of sulfonamides is 1. The number of carbonyl (C=O) groups excluding carboxylic acids is 1. The molecule has 2 bridgehead atoms. The van der Waals surface area contributed by atoms with E-state index in [1.807, 2.05) is 13.8 Å². The number of nitrogens with one attached hydrogen (secondary N) is 1. The summed E-state index contributed by atoms with van der Waals surface area (Å²) in [7, 11) is -2.80. The first kappa shape index (κ1) is 32.4. The summed E-state index contributed by atoms with van der Waals surface area (Å²) in [4.78, 5) is 13.2. The topological polar surface area (TPSA) is 150 Å². The number of carbonyl (C=O) groups is 1. The lowest BCUT2D eigenvalue weighted by atomic mass is 9.98. The first-order valence-electron chi connectivity index (χ1n) is 14.6. The predicted octanol–water partition coefficient (Wildman–Crippen LogP) is 2.91. The number of halogens is 2. The van der Waals surface area contributed by atoms with Gasteiger partial charge in [-0.15, -0.1) is 0 Å². The first-order chi connectivity index (χ1) is 20.9. The number of nitrogen functional groups attached to an aromatic ring is 1.